The lowest BCUT2D eigenvalue weighted by Crippen LogP contribution is -2.35. The average Bonchev–Trinajstić information content (AvgIpc) is 2.54. The fourth-order valence-electron chi connectivity index (χ4n) is 2.30. The Labute approximate surface area is 119 Å². The molecule has 1 aliphatic rings. The molecule has 0 radical (unpaired) electrons. The summed E-state index contributed by atoms with van der Waals surface area (Å²) in [6.45, 7) is -0.368. The Hall–Kier alpha value is -2.05. The summed E-state index contributed by atoms with van der Waals surface area (Å²) in [6.07, 6.45) is -3.06. The standard InChI is InChI=1S/C14H15F3N2O2/c15-14(16,17)11-7-10(18)6-5-9(11)8-19-12(20)3-1-2-4-13(19)21/h5-7H,1-4,8,18H2. The third-order valence-corrected chi connectivity index (χ3v) is 3.40. The van der Waals surface area contributed by atoms with Gasteiger partial charge >= 0.3 is 6.18 Å². The first-order valence-corrected chi connectivity index (χ1v) is 6.58. The third-order valence-electron chi connectivity index (χ3n) is 3.40. The maximum atomic E-state index is 13.0. The van der Waals surface area contributed by atoms with Crippen molar-refractivity contribution < 1.29 is 22.8 Å². The highest BCUT2D eigenvalue weighted by molar-refractivity contribution is 5.96. The highest BCUT2D eigenvalue weighted by Crippen LogP contribution is 2.34. The second kappa shape index (κ2) is 5.75. The molecule has 2 amide bonds. The Morgan fingerprint density at radius 1 is 1.10 bits per heavy atom. The van der Waals surface area contributed by atoms with Gasteiger partial charge in [0.2, 0.25) is 11.8 Å². The van der Waals surface area contributed by atoms with Gasteiger partial charge in [-0.3, -0.25) is 14.5 Å². The van der Waals surface area contributed by atoms with Crippen molar-refractivity contribution in [1.82, 2.24) is 4.90 Å². The highest BCUT2D eigenvalue weighted by atomic mass is 19.4. The predicted octanol–water partition coefficient (Wildman–Crippen LogP) is 2.72. The van der Waals surface area contributed by atoms with Crippen molar-refractivity contribution in [2.24, 2.45) is 0 Å². The minimum absolute atomic E-state index is 0.0143. The van der Waals surface area contributed by atoms with Crippen LogP contribution < -0.4 is 5.73 Å². The Bertz CT molecular complexity index is 552. The molecule has 1 heterocycles. The van der Waals surface area contributed by atoms with Crippen molar-refractivity contribution in [3.8, 4) is 0 Å². The van der Waals surface area contributed by atoms with Gasteiger partial charge in [0.15, 0.2) is 0 Å². The number of likely N-dealkylation sites (tertiary alicyclic amines) is 1. The highest BCUT2D eigenvalue weighted by Gasteiger charge is 2.35. The molecular formula is C14H15F3N2O2. The zero-order valence-electron chi connectivity index (χ0n) is 11.2. The summed E-state index contributed by atoms with van der Waals surface area (Å²) in [5.41, 5.74) is 4.34. The van der Waals surface area contributed by atoms with E-state index >= 15 is 0 Å². The second-order valence-electron chi connectivity index (χ2n) is 5.00. The summed E-state index contributed by atoms with van der Waals surface area (Å²) < 4.78 is 39.0. The molecule has 2 N–H and O–H groups in total. The Morgan fingerprint density at radius 2 is 1.67 bits per heavy atom. The van der Waals surface area contributed by atoms with Crippen LogP contribution in [-0.4, -0.2) is 16.7 Å². The maximum Gasteiger partial charge on any atom is 0.416 e. The SMILES string of the molecule is Nc1ccc(CN2C(=O)CCCCC2=O)c(C(F)(F)F)c1. The van der Waals surface area contributed by atoms with E-state index in [1.54, 1.807) is 0 Å². The van der Waals surface area contributed by atoms with Gasteiger partial charge in [-0.05, 0) is 30.5 Å². The number of nitrogens with zero attached hydrogens (tertiary/aromatic N) is 1. The average molecular weight is 300 g/mol. The summed E-state index contributed by atoms with van der Waals surface area (Å²) in [5, 5.41) is 0. The zero-order chi connectivity index (χ0) is 15.6. The van der Waals surface area contributed by atoms with Crippen molar-refractivity contribution >= 4 is 17.5 Å². The van der Waals surface area contributed by atoms with E-state index in [1.807, 2.05) is 0 Å². The lowest BCUT2D eigenvalue weighted by atomic mass is 10.1. The Morgan fingerprint density at radius 3 is 2.19 bits per heavy atom. The van der Waals surface area contributed by atoms with E-state index in [9.17, 15) is 22.8 Å². The van der Waals surface area contributed by atoms with Crippen LogP contribution in [0.2, 0.25) is 0 Å². The summed E-state index contributed by atoms with van der Waals surface area (Å²) in [6, 6.07) is 3.36. The molecule has 0 bridgehead atoms. The van der Waals surface area contributed by atoms with Crippen LogP contribution >= 0.6 is 0 Å². The van der Waals surface area contributed by atoms with Crippen molar-refractivity contribution in [3.63, 3.8) is 0 Å². The van der Waals surface area contributed by atoms with Crippen LogP contribution in [0.15, 0.2) is 18.2 Å². The normalized spacial score (nSPS) is 17.0. The van der Waals surface area contributed by atoms with Gasteiger partial charge in [0.05, 0.1) is 12.1 Å². The number of imide groups is 1. The molecule has 1 fully saturated rings. The van der Waals surface area contributed by atoms with Crippen LogP contribution in [-0.2, 0) is 22.3 Å². The molecule has 1 aromatic carbocycles. The van der Waals surface area contributed by atoms with E-state index in [1.165, 1.54) is 12.1 Å². The second-order valence-corrected chi connectivity index (χ2v) is 5.00. The molecule has 0 saturated carbocycles. The number of benzene rings is 1. The van der Waals surface area contributed by atoms with E-state index in [4.69, 9.17) is 5.73 Å². The van der Waals surface area contributed by atoms with Gasteiger partial charge in [0.25, 0.3) is 0 Å². The summed E-state index contributed by atoms with van der Waals surface area (Å²) in [4.78, 5) is 24.6. The molecule has 1 aliphatic heterocycles. The monoisotopic (exact) mass is 300 g/mol. The Kier molecular flexibility index (Phi) is 4.20. The van der Waals surface area contributed by atoms with Gasteiger partial charge in [-0.15, -0.1) is 0 Å². The minimum atomic E-state index is -4.58. The van der Waals surface area contributed by atoms with Crippen molar-refractivity contribution in [1.29, 1.82) is 0 Å². The van der Waals surface area contributed by atoms with E-state index in [0.717, 1.165) is 11.0 Å². The largest absolute Gasteiger partial charge is 0.416 e. The first-order chi connectivity index (χ1) is 9.79. The molecule has 0 aliphatic carbocycles. The van der Waals surface area contributed by atoms with Crippen molar-refractivity contribution in [3.05, 3.63) is 29.3 Å². The predicted molar refractivity (Wildman–Crippen MR) is 69.9 cm³/mol. The molecule has 21 heavy (non-hydrogen) atoms. The number of rotatable bonds is 2. The summed E-state index contributed by atoms with van der Waals surface area (Å²) >= 11 is 0. The van der Waals surface area contributed by atoms with Gasteiger partial charge < -0.3 is 5.73 Å². The number of hydrogen-bond donors (Lipinski definition) is 1. The number of halogens is 3. The molecule has 0 atom stereocenters. The van der Waals surface area contributed by atoms with Crippen molar-refractivity contribution in [2.75, 3.05) is 5.73 Å². The number of hydrogen-bond acceptors (Lipinski definition) is 3. The molecule has 0 spiro atoms. The molecule has 0 aromatic heterocycles. The smallest absolute Gasteiger partial charge is 0.399 e. The van der Waals surface area contributed by atoms with Gasteiger partial charge in [-0.2, -0.15) is 13.2 Å². The molecule has 1 saturated heterocycles. The third kappa shape index (κ3) is 3.53. The summed E-state index contributed by atoms with van der Waals surface area (Å²) in [7, 11) is 0. The number of anilines is 1. The summed E-state index contributed by atoms with van der Waals surface area (Å²) in [5.74, 6) is -0.857. The van der Waals surface area contributed by atoms with Gasteiger partial charge in [-0.1, -0.05) is 6.07 Å². The van der Waals surface area contributed by atoms with E-state index in [0.29, 0.717) is 12.8 Å². The molecule has 1 aromatic rings. The van der Waals surface area contributed by atoms with E-state index in [-0.39, 0.29) is 30.6 Å². The first kappa shape index (κ1) is 15.3. The lowest BCUT2D eigenvalue weighted by molar-refractivity contribution is -0.146. The fourth-order valence-corrected chi connectivity index (χ4v) is 2.30. The number of nitrogens with two attached hydrogens (primary N) is 1. The van der Waals surface area contributed by atoms with Crippen LogP contribution in [0.25, 0.3) is 0 Å². The molecule has 2 rings (SSSR count). The minimum Gasteiger partial charge on any atom is -0.399 e. The van der Waals surface area contributed by atoms with E-state index in [2.05, 4.69) is 0 Å². The molecule has 114 valence electrons. The number of amides is 2. The number of alkyl halides is 3. The van der Waals surface area contributed by atoms with Crippen LogP contribution in [0.1, 0.15) is 36.8 Å². The first-order valence-electron chi connectivity index (χ1n) is 6.58. The van der Waals surface area contributed by atoms with Crippen LogP contribution in [0.3, 0.4) is 0 Å². The van der Waals surface area contributed by atoms with Gasteiger partial charge in [-0.25, -0.2) is 0 Å². The number of carbonyl (C=O) groups is 2. The molecule has 7 heteroatoms. The number of nitrogen functional groups attached to an aromatic ring is 1. The lowest BCUT2D eigenvalue weighted by Gasteiger charge is -2.21. The maximum absolute atomic E-state index is 13.0. The van der Waals surface area contributed by atoms with Crippen LogP contribution in [0, 0.1) is 0 Å². The van der Waals surface area contributed by atoms with Crippen LogP contribution in [0.4, 0.5) is 18.9 Å². The topological polar surface area (TPSA) is 63.4 Å². The molecular weight excluding hydrogens is 285 g/mol. The van der Waals surface area contributed by atoms with Gasteiger partial charge in [0, 0.05) is 18.5 Å². The molecule has 4 nitrogen and oxygen atoms in total. The fraction of sp³-hybridized carbons (Fsp3) is 0.429. The quantitative estimate of drug-likeness (QED) is 0.674. The van der Waals surface area contributed by atoms with Crippen LogP contribution in [0.5, 0.6) is 0 Å². The Balaban J connectivity index is 2.34. The number of carbonyl (C=O) groups excluding carboxylic acids is 2. The molecule has 0 unspecified atom stereocenters. The van der Waals surface area contributed by atoms with E-state index < -0.39 is 23.6 Å². The van der Waals surface area contributed by atoms with Gasteiger partial charge in [0.1, 0.15) is 0 Å². The zero-order valence-corrected chi connectivity index (χ0v) is 11.2. The van der Waals surface area contributed by atoms with Crippen molar-refractivity contribution in [2.45, 2.75) is 38.4 Å².